The number of nitrogens with zero attached hydrogens (tertiary/aromatic N) is 2. The van der Waals surface area contributed by atoms with Gasteiger partial charge in [-0.1, -0.05) is 70.8 Å². The van der Waals surface area contributed by atoms with Crippen molar-refractivity contribution in [2.24, 2.45) is 0 Å². The van der Waals surface area contributed by atoms with Crippen LogP contribution in [0.2, 0.25) is 0 Å². The number of esters is 1. The molecule has 1 saturated heterocycles. The summed E-state index contributed by atoms with van der Waals surface area (Å²) >= 11 is 0. The maximum absolute atomic E-state index is 12.6. The van der Waals surface area contributed by atoms with Gasteiger partial charge in [-0.25, -0.2) is 14.8 Å². The zero-order valence-corrected chi connectivity index (χ0v) is 22.2. The van der Waals surface area contributed by atoms with E-state index in [1.54, 1.807) is 32.1 Å². The minimum absolute atomic E-state index is 0.428. The normalized spacial score (nSPS) is 18.8. The van der Waals surface area contributed by atoms with Gasteiger partial charge in [0.15, 0.2) is 17.7 Å². The largest absolute Gasteiger partial charge is 0.425 e. The second-order valence-electron chi connectivity index (χ2n) is 10.0. The van der Waals surface area contributed by atoms with E-state index >= 15 is 0 Å². The Morgan fingerprint density at radius 1 is 0.944 bits per heavy atom. The van der Waals surface area contributed by atoms with E-state index in [2.05, 4.69) is 23.5 Å². The minimum Gasteiger partial charge on any atom is -0.425 e. The molecule has 36 heavy (non-hydrogen) atoms. The van der Waals surface area contributed by atoms with Crippen molar-refractivity contribution in [1.82, 2.24) is 9.97 Å². The van der Waals surface area contributed by atoms with E-state index in [9.17, 15) is 4.79 Å². The van der Waals surface area contributed by atoms with Crippen LogP contribution < -0.4 is 4.74 Å². The van der Waals surface area contributed by atoms with Crippen molar-refractivity contribution in [2.75, 3.05) is 0 Å². The van der Waals surface area contributed by atoms with Crippen molar-refractivity contribution >= 4 is 5.97 Å². The summed E-state index contributed by atoms with van der Waals surface area (Å²) in [6, 6.07) is 7.16. The molecule has 2 aromatic rings. The third-order valence-corrected chi connectivity index (χ3v) is 6.45. The van der Waals surface area contributed by atoms with Crippen LogP contribution in [0.3, 0.4) is 0 Å². The molecule has 1 aliphatic heterocycles. The SMILES string of the molecule is C=CC1OC(C)(C)OC1C(=O)Oc1ccc(-c2ncc(CCCCCCCCCCCC)cn2)cc1. The van der Waals surface area contributed by atoms with Gasteiger partial charge >= 0.3 is 5.97 Å². The van der Waals surface area contributed by atoms with Crippen molar-refractivity contribution in [3.05, 3.63) is 54.9 Å². The van der Waals surface area contributed by atoms with Crippen molar-refractivity contribution in [3.63, 3.8) is 0 Å². The molecule has 196 valence electrons. The smallest absolute Gasteiger partial charge is 0.343 e. The molecular weight excluding hydrogens is 452 g/mol. The van der Waals surface area contributed by atoms with Crippen molar-refractivity contribution in [3.8, 4) is 17.1 Å². The summed E-state index contributed by atoms with van der Waals surface area (Å²) in [6.45, 7) is 9.49. The second-order valence-corrected chi connectivity index (χ2v) is 10.0. The molecule has 0 bridgehead atoms. The lowest BCUT2D eigenvalue weighted by atomic mass is 10.0. The Balaban J connectivity index is 1.39. The Kier molecular flexibility index (Phi) is 11.1. The average molecular weight is 495 g/mol. The molecular formula is C30H42N2O4. The summed E-state index contributed by atoms with van der Waals surface area (Å²) < 4.78 is 16.8. The molecule has 1 aromatic carbocycles. The first kappa shape index (κ1) is 28.0. The van der Waals surface area contributed by atoms with Gasteiger partial charge in [-0.2, -0.15) is 0 Å². The Labute approximate surface area is 216 Å². The molecule has 6 heteroatoms. The van der Waals surface area contributed by atoms with Crippen LogP contribution in [0, 0.1) is 0 Å². The number of carbonyl (C=O) groups excluding carboxylic acids is 1. The molecule has 0 radical (unpaired) electrons. The van der Waals surface area contributed by atoms with Crippen LogP contribution in [0.1, 0.15) is 90.5 Å². The quantitative estimate of drug-likeness (QED) is 0.113. The molecule has 1 aromatic heterocycles. The Hall–Kier alpha value is -2.57. The van der Waals surface area contributed by atoms with Crippen LogP contribution in [0.4, 0.5) is 0 Å². The molecule has 0 aliphatic carbocycles. The van der Waals surface area contributed by atoms with Gasteiger partial charge in [0.1, 0.15) is 11.9 Å². The highest BCUT2D eigenvalue weighted by molar-refractivity contribution is 5.78. The lowest BCUT2D eigenvalue weighted by Crippen LogP contribution is -2.34. The average Bonchev–Trinajstić information content (AvgIpc) is 3.21. The van der Waals surface area contributed by atoms with Gasteiger partial charge in [-0.05, 0) is 56.5 Å². The molecule has 1 fully saturated rings. The number of ether oxygens (including phenoxy) is 3. The number of hydrogen-bond acceptors (Lipinski definition) is 6. The Morgan fingerprint density at radius 3 is 2.11 bits per heavy atom. The van der Waals surface area contributed by atoms with E-state index in [4.69, 9.17) is 14.2 Å². The predicted molar refractivity (Wildman–Crippen MR) is 143 cm³/mol. The van der Waals surface area contributed by atoms with E-state index in [1.807, 2.05) is 24.5 Å². The van der Waals surface area contributed by atoms with Crippen LogP contribution >= 0.6 is 0 Å². The molecule has 3 rings (SSSR count). The van der Waals surface area contributed by atoms with Crippen molar-refractivity contribution in [1.29, 1.82) is 0 Å². The maximum atomic E-state index is 12.6. The van der Waals surface area contributed by atoms with Crippen molar-refractivity contribution in [2.45, 2.75) is 109 Å². The van der Waals surface area contributed by atoms with Gasteiger partial charge in [-0.3, -0.25) is 0 Å². The lowest BCUT2D eigenvalue weighted by Gasteiger charge is -2.16. The van der Waals surface area contributed by atoms with Gasteiger partial charge in [0.05, 0.1) is 0 Å². The first-order chi connectivity index (χ1) is 17.4. The van der Waals surface area contributed by atoms with Crippen LogP contribution in [0.5, 0.6) is 5.75 Å². The van der Waals surface area contributed by atoms with Gasteiger partial charge in [0.25, 0.3) is 0 Å². The molecule has 1 aliphatic rings. The van der Waals surface area contributed by atoms with Crippen LogP contribution in [0.25, 0.3) is 11.4 Å². The molecule has 2 unspecified atom stereocenters. The molecule has 0 saturated carbocycles. The van der Waals surface area contributed by atoms with Gasteiger partial charge in [0, 0.05) is 18.0 Å². The zero-order valence-electron chi connectivity index (χ0n) is 22.2. The highest BCUT2D eigenvalue weighted by atomic mass is 16.8. The zero-order chi connectivity index (χ0) is 25.8. The maximum Gasteiger partial charge on any atom is 0.343 e. The molecule has 2 atom stereocenters. The van der Waals surface area contributed by atoms with Crippen LogP contribution in [-0.2, 0) is 20.7 Å². The van der Waals surface area contributed by atoms with Gasteiger partial charge in [-0.15, -0.1) is 6.58 Å². The fourth-order valence-electron chi connectivity index (χ4n) is 4.44. The predicted octanol–water partition coefficient (Wildman–Crippen LogP) is 7.22. The standard InChI is InChI=1S/C30H42N2O4/c1-5-7-8-9-10-11-12-13-14-15-16-23-21-31-28(32-22-23)24-17-19-25(20-18-24)34-29(33)27-26(6-2)35-30(3,4)36-27/h6,17-22,26-27H,2,5,7-16H2,1,3-4H3. The van der Waals surface area contributed by atoms with Crippen molar-refractivity contribution < 1.29 is 19.0 Å². The number of aromatic nitrogens is 2. The molecule has 0 amide bonds. The second kappa shape index (κ2) is 14.2. The summed E-state index contributed by atoms with van der Waals surface area (Å²) in [5.74, 6) is -0.285. The minimum atomic E-state index is -0.858. The fourth-order valence-corrected chi connectivity index (χ4v) is 4.44. The van der Waals surface area contributed by atoms with E-state index in [1.165, 1.54) is 69.8 Å². The topological polar surface area (TPSA) is 70.5 Å². The van der Waals surface area contributed by atoms with E-state index in [0.29, 0.717) is 11.6 Å². The number of hydrogen-bond donors (Lipinski definition) is 0. The first-order valence-electron chi connectivity index (χ1n) is 13.5. The third-order valence-electron chi connectivity index (χ3n) is 6.45. The Bertz CT molecular complexity index is 940. The molecule has 6 nitrogen and oxygen atoms in total. The van der Waals surface area contributed by atoms with E-state index in [0.717, 1.165) is 12.0 Å². The van der Waals surface area contributed by atoms with Crippen LogP contribution in [0.15, 0.2) is 49.3 Å². The number of benzene rings is 1. The number of rotatable bonds is 15. The number of unbranched alkanes of at least 4 members (excludes halogenated alkanes) is 9. The van der Waals surface area contributed by atoms with E-state index < -0.39 is 24.0 Å². The first-order valence-corrected chi connectivity index (χ1v) is 13.5. The summed E-state index contributed by atoms with van der Waals surface area (Å²) in [6.07, 6.45) is 18.4. The number of aryl methyl sites for hydroxylation is 1. The van der Waals surface area contributed by atoms with Crippen LogP contribution in [-0.4, -0.2) is 33.9 Å². The lowest BCUT2D eigenvalue weighted by molar-refractivity contribution is -0.163. The van der Waals surface area contributed by atoms with Gasteiger partial charge < -0.3 is 14.2 Å². The fraction of sp³-hybridized carbons (Fsp3) is 0.567. The van der Waals surface area contributed by atoms with Gasteiger partial charge in [0.2, 0.25) is 0 Å². The summed E-state index contributed by atoms with van der Waals surface area (Å²) in [7, 11) is 0. The van der Waals surface area contributed by atoms with E-state index in [-0.39, 0.29) is 0 Å². The molecule has 0 N–H and O–H groups in total. The molecule has 2 heterocycles. The highest BCUT2D eigenvalue weighted by Crippen LogP contribution is 2.30. The molecule has 0 spiro atoms. The summed E-state index contributed by atoms with van der Waals surface area (Å²) in [4.78, 5) is 21.6. The third kappa shape index (κ3) is 8.82. The monoisotopic (exact) mass is 494 g/mol. The Morgan fingerprint density at radius 2 is 1.53 bits per heavy atom. The highest BCUT2D eigenvalue weighted by Gasteiger charge is 2.44. The summed E-state index contributed by atoms with van der Waals surface area (Å²) in [5, 5.41) is 0. The number of carbonyl (C=O) groups is 1. The summed E-state index contributed by atoms with van der Waals surface area (Å²) in [5.41, 5.74) is 2.04.